The zero-order valence-corrected chi connectivity index (χ0v) is 19.7. The number of aromatic nitrogens is 2. The molecule has 0 bridgehead atoms. The Kier molecular flexibility index (Phi) is 8.38. The molecule has 3 rings (SSSR count). The van der Waals surface area contributed by atoms with Crippen molar-refractivity contribution in [1.82, 2.24) is 9.78 Å². The number of anilines is 2. The Labute approximate surface area is 198 Å². The van der Waals surface area contributed by atoms with E-state index >= 15 is 0 Å². The van der Waals surface area contributed by atoms with Crippen molar-refractivity contribution in [2.75, 3.05) is 17.6 Å². The average Bonchev–Trinajstić information content (AvgIpc) is 3.04. The maximum absolute atomic E-state index is 13.2. The van der Waals surface area contributed by atoms with Crippen molar-refractivity contribution in [2.24, 2.45) is 10.7 Å². The molecule has 1 aromatic heterocycles. The highest BCUT2D eigenvalue weighted by molar-refractivity contribution is 14.0. The van der Waals surface area contributed by atoms with Gasteiger partial charge in [0.05, 0.1) is 11.4 Å². The Bertz CT molecular complexity index is 1110. The van der Waals surface area contributed by atoms with E-state index in [2.05, 4.69) is 28.4 Å². The molecule has 0 aliphatic heterocycles. The van der Waals surface area contributed by atoms with Crippen molar-refractivity contribution < 1.29 is 4.39 Å². The fourth-order valence-corrected chi connectivity index (χ4v) is 3.01. The molecule has 0 aliphatic rings. The lowest BCUT2D eigenvalue weighted by molar-refractivity contribution is 0.627. The zero-order valence-electron chi connectivity index (χ0n) is 17.4. The smallest absolute Gasteiger partial charge is 0.193 e. The lowest BCUT2D eigenvalue weighted by Gasteiger charge is -2.08. The number of aryl methyl sites for hydroxylation is 3. The molecule has 1 heterocycles. The van der Waals surface area contributed by atoms with Gasteiger partial charge in [-0.3, -0.25) is 4.99 Å². The summed E-state index contributed by atoms with van der Waals surface area (Å²) in [5.74, 6) is 0.212. The Morgan fingerprint density at radius 3 is 2.55 bits per heavy atom. The van der Waals surface area contributed by atoms with Crippen LogP contribution in [-0.2, 0) is 6.42 Å². The first-order valence-electron chi connectivity index (χ1n) is 9.56. The summed E-state index contributed by atoms with van der Waals surface area (Å²) in [6, 6.07) is 13.9. The zero-order chi connectivity index (χ0) is 21.7. The molecule has 0 radical (unpaired) electrons. The van der Waals surface area contributed by atoms with E-state index in [0.29, 0.717) is 42.3 Å². The van der Waals surface area contributed by atoms with Crippen LogP contribution in [0.3, 0.4) is 0 Å². The van der Waals surface area contributed by atoms with Crippen molar-refractivity contribution in [3.05, 3.63) is 70.7 Å². The van der Waals surface area contributed by atoms with Crippen LogP contribution in [0.25, 0.3) is 5.69 Å². The normalized spacial score (nSPS) is 11.0. The predicted octanol–water partition coefficient (Wildman–Crippen LogP) is 4.06. The molecular formula is C22H25FIN7. The SMILES string of the molecule is Cc1ccc(NC(N)=NCCCc2nn(-c3ccc(F)cc3)c(N)c2C#N)cc1C.I. The minimum Gasteiger partial charge on any atom is -0.382 e. The highest BCUT2D eigenvalue weighted by Crippen LogP contribution is 2.22. The molecule has 5 N–H and O–H groups in total. The molecule has 0 atom stereocenters. The first-order valence-corrected chi connectivity index (χ1v) is 9.56. The summed E-state index contributed by atoms with van der Waals surface area (Å²) < 4.78 is 14.6. The van der Waals surface area contributed by atoms with Crippen molar-refractivity contribution in [3.8, 4) is 11.8 Å². The van der Waals surface area contributed by atoms with E-state index in [-0.39, 0.29) is 35.6 Å². The van der Waals surface area contributed by atoms with Crippen LogP contribution in [0.2, 0.25) is 0 Å². The fourth-order valence-electron chi connectivity index (χ4n) is 3.01. The molecule has 3 aromatic rings. The summed E-state index contributed by atoms with van der Waals surface area (Å²) in [7, 11) is 0. The van der Waals surface area contributed by atoms with Gasteiger partial charge in [-0.1, -0.05) is 6.07 Å². The Morgan fingerprint density at radius 2 is 1.90 bits per heavy atom. The fraction of sp³-hybridized carbons (Fsp3) is 0.227. The molecule has 0 saturated heterocycles. The average molecular weight is 533 g/mol. The van der Waals surface area contributed by atoms with Crippen molar-refractivity contribution in [2.45, 2.75) is 26.7 Å². The van der Waals surface area contributed by atoms with Gasteiger partial charge in [0.1, 0.15) is 23.3 Å². The number of halogens is 2. The second-order valence-electron chi connectivity index (χ2n) is 7.00. The minimum atomic E-state index is -0.352. The quantitative estimate of drug-likeness (QED) is 0.191. The van der Waals surface area contributed by atoms with Crippen molar-refractivity contribution >= 4 is 41.4 Å². The first-order chi connectivity index (χ1) is 14.4. The number of hydrogen-bond acceptors (Lipinski definition) is 4. The summed E-state index contributed by atoms with van der Waals surface area (Å²) in [5.41, 5.74) is 16.8. The standard InChI is InChI=1S/C22H24FN7.HI/c1-14-5-8-17(12-15(14)2)28-22(26)27-11-3-4-20-19(13-24)21(25)30(29-20)18-9-6-16(23)7-10-18;/h5-10,12H,3-4,11,25H2,1-2H3,(H3,26,27,28);1H. The minimum absolute atomic E-state index is 0. The van der Waals surface area contributed by atoms with Crippen LogP contribution >= 0.6 is 24.0 Å². The molecule has 9 heteroatoms. The van der Waals surface area contributed by atoms with Gasteiger partial charge in [0, 0.05) is 12.2 Å². The van der Waals surface area contributed by atoms with Crippen LogP contribution in [0.4, 0.5) is 15.9 Å². The van der Waals surface area contributed by atoms with E-state index in [0.717, 1.165) is 5.69 Å². The van der Waals surface area contributed by atoms with E-state index in [9.17, 15) is 9.65 Å². The second kappa shape index (κ2) is 10.8. The van der Waals surface area contributed by atoms with Gasteiger partial charge in [-0.25, -0.2) is 9.07 Å². The van der Waals surface area contributed by atoms with Gasteiger partial charge in [-0.05, 0) is 74.2 Å². The lowest BCUT2D eigenvalue weighted by atomic mass is 10.1. The van der Waals surface area contributed by atoms with E-state index in [1.54, 1.807) is 12.1 Å². The second-order valence-corrected chi connectivity index (χ2v) is 7.00. The van der Waals surface area contributed by atoms with Crippen LogP contribution in [0, 0.1) is 31.0 Å². The van der Waals surface area contributed by atoms with Gasteiger partial charge in [-0.2, -0.15) is 10.4 Å². The molecule has 0 spiro atoms. The van der Waals surface area contributed by atoms with Crippen LogP contribution in [0.1, 0.15) is 28.8 Å². The summed E-state index contributed by atoms with van der Waals surface area (Å²) in [4.78, 5) is 4.33. The van der Waals surface area contributed by atoms with Crippen LogP contribution in [-0.4, -0.2) is 22.3 Å². The summed E-state index contributed by atoms with van der Waals surface area (Å²) >= 11 is 0. The highest BCUT2D eigenvalue weighted by atomic mass is 127. The number of nitriles is 1. The van der Waals surface area contributed by atoms with E-state index in [1.165, 1.54) is 27.9 Å². The van der Waals surface area contributed by atoms with Gasteiger partial charge in [0.2, 0.25) is 0 Å². The number of nitrogens with zero attached hydrogens (tertiary/aromatic N) is 4. The predicted molar refractivity (Wildman–Crippen MR) is 132 cm³/mol. The topological polar surface area (TPSA) is 118 Å². The Balaban J connectivity index is 0.00000341. The number of rotatable bonds is 6. The first kappa shape index (κ1) is 24.1. The molecule has 0 fully saturated rings. The van der Waals surface area contributed by atoms with Crippen LogP contribution in [0.15, 0.2) is 47.5 Å². The monoisotopic (exact) mass is 533 g/mol. The molecule has 0 aliphatic carbocycles. The van der Waals surface area contributed by atoms with Gasteiger partial charge in [0.15, 0.2) is 5.96 Å². The van der Waals surface area contributed by atoms with Gasteiger partial charge in [0.25, 0.3) is 0 Å². The summed E-state index contributed by atoms with van der Waals surface area (Å²) in [6.45, 7) is 4.56. The number of nitrogens with one attached hydrogen (secondary N) is 1. The molecule has 0 amide bonds. The highest BCUT2D eigenvalue weighted by Gasteiger charge is 2.16. The number of nitrogen functional groups attached to an aromatic ring is 1. The molecule has 162 valence electrons. The van der Waals surface area contributed by atoms with Crippen molar-refractivity contribution in [3.63, 3.8) is 0 Å². The van der Waals surface area contributed by atoms with Crippen LogP contribution in [0.5, 0.6) is 0 Å². The molecule has 0 unspecified atom stereocenters. The molecule has 31 heavy (non-hydrogen) atoms. The largest absolute Gasteiger partial charge is 0.382 e. The van der Waals surface area contributed by atoms with E-state index in [1.807, 2.05) is 25.1 Å². The maximum atomic E-state index is 13.2. The molecular weight excluding hydrogens is 508 g/mol. The van der Waals surface area contributed by atoms with Crippen molar-refractivity contribution in [1.29, 1.82) is 5.26 Å². The third kappa shape index (κ3) is 5.95. The lowest BCUT2D eigenvalue weighted by Crippen LogP contribution is -2.23. The summed E-state index contributed by atoms with van der Waals surface area (Å²) in [6.07, 6.45) is 1.16. The maximum Gasteiger partial charge on any atom is 0.193 e. The van der Waals surface area contributed by atoms with Crippen LogP contribution < -0.4 is 16.8 Å². The number of nitrogens with two attached hydrogens (primary N) is 2. The number of hydrogen-bond donors (Lipinski definition) is 3. The van der Waals surface area contributed by atoms with E-state index < -0.39 is 0 Å². The molecule has 0 saturated carbocycles. The third-order valence-corrected chi connectivity index (χ3v) is 4.81. The van der Waals surface area contributed by atoms with Gasteiger partial charge in [-0.15, -0.1) is 24.0 Å². The van der Waals surface area contributed by atoms with Gasteiger partial charge >= 0.3 is 0 Å². The van der Waals surface area contributed by atoms with Gasteiger partial charge < -0.3 is 16.8 Å². The molecule has 2 aromatic carbocycles. The number of benzene rings is 2. The Morgan fingerprint density at radius 1 is 1.19 bits per heavy atom. The third-order valence-electron chi connectivity index (χ3n) is 4.81. The molecule has 7 nitrogen and oxygen atoms in total. The summed E-state index contributed by atoms with van der Waals surface area (Å²) in [5, 5.41) is 17.0. The van der Waals surface area contributed by atoms with E-state index in [4.69, 9.17) is 11.5 Å². The number of aliphatic imine (C=N–C) groups is 1. The Hall–Kier alpha value is -3.13. The number of guanidine groups is 1.